The van der Waals surface area contributed by atoms with Crippen LogP contribution in [0.5, 0.6) is 5.75 Å². The van der Waals surface area contributed by atoms with Gasteiger partial charge in [-0.3, -0.25) is 14.5 Å². The number of nitrogens with zero attached hydrogens (tertiary/aromatic N) is 2. The van der Waals surface area contributed by atoms with E-state index >= 15 is 0 Å². The zero-order valence-electron chi connectivity index (χ0n) is 15.5. The van der Waals surface area contributed by atoms with Crippen LogP contribution < -0.4 is 15.1 Å². The van der Waals surface area contributed by atoms with Crippen LogP contribution in [0.2, 0.25) is 0 Å². The third-order valence-electron chi connectivity index (χ3n) is 4.91. The van der Waals surface area contributed by atoms with Crippen molar-refractivity contribution in [1.82, 2.24) is 4.98 Å². The maximum atomic E-state index is 13.4. The zero-order chi connectivity index (χ0) is 20.0. The number of hydrogen-bond acceptors (Lipinski definition) is 6. The minimum atomic E-state index is -0.611. The van der Waals surface area contributed by atoms with E-state index in [0.29, 0.717) is 28.3 Å². The Labute approximate surface area is 170 Å². The Kier molecular flexibility index (Phi) is 4.17. The van der Waals surface area contributed by atoms with Crippen molar-refractivity contribution in [3.63, 3.8) is 0 Å². The molecule has 0 bridgehead atoms. The third kappa shape index (κ3) is 2.74. The third-order valence-corrected chi connectivity index (χ3v) is 5.68. The fraction of sp³-hybridized carbons (Fsp3) is 0.136. The van der Waals surface area contributed by atoms with Crippen LogP contribution in [-0.4, -0.2) is 17.5 Å². The number of hydrogen-bond donors (Lipinski definition) is 0. The van der Waals surface area contributed by atoms with Crippen molar-refractivity contribution >= 4 is 33.3 Å². The molecule has 2 aromatic carbocycles. The molecule has 7 heteroatoms. The maximum Gasteiger partial charge on any atom is 0.297 e. The summed E-state index contributed by atoms with van der Waals surface area (Å²) in [5.74, 6) is 0.437. The summed E-state index contributed by atoms with van der Waals surface area (Å²) in [4.78, 5) is 32.5. The summed E-state index contributed by atoms with van der Waals surface area (Å²) in [6.45, 7) is 2.48. The Morgan fingerprint density at radius 3 is 2.66 bits per heavy atom. The number of thiazole rings is 1. The van der Waals surface area contributed by atoms with Crippen LogP contribution in [0.4, 0.5) is 5.13 Å². The second-order valence-electron chi connectivity index (χ2n) is 6.56. The molecule has 1 atom stereocenters. The SMILES string of the molecule is CCOc1ccc([C@@H]2c3c(oc4ccccc4c3=O)C(=O)N2c2nccs2)cc1. The molecule has 6 nitrogen and oxygen atoms in total. The molecule has 0 fully saturated rings. The normalized spacial score (nSPS) is 15.7. The second-order valence-corrected chi connectivity index (χ2v) is 7.44. The predicted octanol–water partition coefficient (Wildman–Crippen LogP) is 4.40. The van der Waals surface area contributed by atoms with Crippen LogP contribution in [0.3, 0.4) is 0 Å². The van der Waals surface area contributed by atoms with E-state index in [2.05, 4.69) is 4.98 Å². The van der Waals surface area contributed by atoms with Crippen molar-refractivity contribution in [2.75, 3.05) is 11.5 Å². The maximum absolute atomic E-state index is 13.4. The number of benzene rings is 2. The molecule has 4 aromatic rings. The fourth-order valence-electron chi connectivity index (χ4n) is 3.68. The molecule has 2 aromatic heterocycles. The highest BCUT2D eigenvalue weighted by atomic mass is 32.1. The summed E-state index contributed by atoms with van der Waals surface area (Å²) >= 11 is 1.34. The number of amides is 1. The zero-order valence-corrected chi connectivity index (χ0v) is 16.3. The van der Waals surface area contributed by atoms with Crippen molar-refractivity contribution in [3.05, 3.63) is 87.2 Å². The molecule has 0 aliphatic carbocycles. The molecule has 0 N–H and O–H groups in total. The number of ether oxygens (including phenoxy) is 1. The number of fused-ring (bicyclic) bond motifs is 2. The van der Waals surface area contributed by atoms with Crippen molar-refractivity contribution in [2.45, 2.75) is 13.0 Å². The van der Waals surface area contributed by atoms with Crippen molar-refractivity contribution in [1.29, 1.82) is 0 Å². The molecule has 0 unspecified atom stereocenters. The highest BCUT2D eigenvalue weighted by Gasteiger charge is 2.44. The Morgan fingerprint density at radius 1 is 1.14 bits per heavy atom. The molecule has 0 saturated carbocycles. The van der Waals surface area contributed by atoms with E-state index in [1.54, 1.807) is 35.8 Å². The summed E-state index contributed by atoms with van der Waals surface area (Å²) in [6, 6.07) is 13.8. The topological polar surface area (TPSA) is 72.6 Å². The van der Waals surface area contributed by atoms with Crippen molar-refractivity contribution < 1.29 is 13.9 Å². The highest BCUT2D eigenvalue weighted by molar-refractivity contribution is 7.13. The number of carbonyl (C=O) groups excluding carboxylic acids is 1. The molecule has 144 valence electrons. The van der Waals surface area contributed by atoms with Gasteiger partial charge in [-0.1, -0.05) is 24.3 Å². The van der Waals surface area contributed by atoms with Gasteiger partial charge in [-0.05, 0) is 36.8 Å². The van der Waals surface area contributed by atoms with E-state index in [9.17, 15) is 9.59 Å². The lowest BCUT2D eigenvalue weighted by Crippen LogP contribution is -2.29. The lowest BCUT2D eigenvalue weighted by molar-refractivity contribution is 0.0971. The van der Waals surface area contributed by atoms with E-state index < -0.39 is 6.04 Å². The molecule has 1 amide bonds. The summed E-state index contributed by atoms with van der Waals surface area (Å²) in [6.07, 6.45) is 1.64. The van der Waals surface area contributed by atoms with Gasteiger partial charge in [-0.15, -0.1) is 11.3 Å². The van der Waals surface area contributed by atoms with Crippen LogP contribution in [0, 0.1) is 0 Å². The molecule has 29 heavy (non-hydrogen) atoms. The first-order valence-electron chi connectivity index (χ1n) is 9.20. The van der Waals surface area contributed by atoms with E-state index in [1.807, 2.05) is 31.2 Å². The van der Waals surface area contributed by atoms with Gasteiger partial charge >= 0.3 is 0 Å². The first-order valence-corrected chi connectivity index (χ1v) is 10.1. The van der Waals surface area contributed by atoms with Crippen LogP contribution in [0.1, 0.15) is 34.6 Å². The highest BCUT2D eigenvalue weighted by Crippen LogP contribution is 2.42. The van der Waals surface area contributed by atoms with Gasteiger partial charge in [-0.2, -0.15) is 0 Å². The van der Waals surface area contributed by atoms with Crippen molar-refractivity contribution in [2.24, 2.45) is 0 Å². The number of carbonyl (C=O) groups is 1. The van der Waals surface area contributed by atoms with Crippen LogP contribution in [0.15, 0.2) is 69.3 Å². The Bertz CT molecular complexity index is 1260. The Balaban J connectivity index is 1.75. The monoisotopic (exact) mass is 404 g/mol. The Morgan fingerprint density at radius 2 is 1.93 bits per heavy atom. The van der Waals surface area contributed by atoms with Crippen LogP contribution in [-0.2, 0) is 0 Å². The predicted molar refractivity (Wildman–Crippen MR) is 111 cm³/mol. The first-order chi connectivity index (χ1) is 14.2. The van der Waals surface area contributed by atoms with Gasteiger partial charge < -0.3 is 9.15 Å². The largest absolute Gasteiger partial charge is 0.494 e. The molecule has 1 aliphatic heterocycles. The molecule has 3 heterocycles. The molecular formula is C22H16N2O4S. The number of aromatic nitrogens is 1. The van der Waals surface area contributed by atoms with Gasteiger partial charge in [-0.25, -0.2) is 4.98 Å². The van der Waals surface area contributed by atoms with E-state index in [4.69, 9.17) is 9.15 Å². The number of para-hydroxylation sites is 1. The summed E-state index contributed by atoms with van der Waals surface area (Å²) in [5.41, 5.74) is 1.33. The second kappa shape index (κ2) is 6.86. The van der Waals surface area contributed by atoms with Gasteiger partial charge in [0.05, 0.1) is 23.6 Å². The van der Waals surface area contributed by atoms with Gasteiger partial charge in [0.1, 0.15) is 11.3 Å². The molecule has 0 saturated heterocycles. The molecule has 0 spiro atoms. The average molecular weight is 404 g/mol. The van der Waals surface area contributed by atoms with Gasteiger partial charge in [0.25, 0.3) is 5.91 Å². The quantitative estimate of drug-likeness (QED) is 0.504. The summed E-state index contributed by atoms with van der Waals surface area (Å²) in [5, 5.41) is 2.77. The first kappa shape index (κ1) is 17.6. The van der Waals surface area contributed by atoms with Gasteiger partial charge in [0.15, 0.2) is 10.6 Å². The molecule has 0 radical (unpaired) electrons. The Hall–Kier alpha value is -3.45. The minimum absolute atomic E-state index is 0.0720. The van der Waals surface area contributed by atoms with Crippen LogP contribution in [0.25, 0.3) is 11.0 Å². The molecule has 5 rings (SSSR count). The number of anilines is 1. The minimum Gasteiger partial charge on any atom is -0.494 e. The van der Waals surface area contributed by atoms with E-state index in [1.165, 1.54) is 16.2 Å². The fourth-order valence-corrected chi connectivity index (χ4v) is 4.35. The van der Waals surface area contributed by atoms with Gasteiger partial charge in [0, 0.05) is 11.6 Å². The average Bonchev–Trinajstić information content (AvgIpc) is 3.36. The summed E-state index contributed by atoms with van der Waals surface area (Å²) < 4.78 is 11.4. The summed E-state index contributed by atoms with van der Waals surface area (Å²) in [7, 11) is 0. The van der Waals surface area contributed by atoms with Crippen molar-refractivity contribution in [3.8, 4) is 5.75 Å². The molecule has 1 aliphatic rings. The standard InChI is InChI=1S/C22H16N2O4S/c1-2-27-14-9-7-13(8-10-14)18-17-19(25)15-5-3-4-6-16(15)28-20(17)21(26)24(18)22-23-11-12-29-22/h3-12,18H,2H2,1H3/t18-/m1/s1. The van der Waals surface area contributed by atoms with Gasteiger partial charge in [0.2, 0.25) is 5.76 Å². The smallest absolute Gasteiger partial charge is 0.297 e. The van der Waals surface area contributed by atoms with E-state index in [0.717, 1.165) is 11.3 Å². The molecular weight excluding hydrogens is 388 g/mol. The van der Waals surface area contributed by atoms with Crippen LogP contribution >= 0.6 is 11.3 Å². The van der Waals surface area contributed by atoms with E-state index in [-0.39, 0.29) is 17.1 Å². The lowest BCUT2D eigenvalue weighted by Gasteiger charge is -2.22. The number of rotatable bonds is 4. The lowest BCUT2D eigenvalue weighted by atomic mass is 9.98.